The quantitative estimate of drug-likeness (QED) is 0.209. The summed E-state index contributed by atoms with van der Waals surface area (Å²) >= 11 is 0. The zero-order chi connectivity index (χ0) is 33.2. The number of rotatable bonds is 15. The predicted molar refractivity (Wildman–Crippen MR) is 168 cm³/mol. The molecule has 0 saturated carbocycles. The molecule has 0 aliphatic heterocycles. The summed E-state index contributed by atoms with van der Waals surface area (Å²) in [5, 5.41) is 4.92. The Balaban J connectivity index is 2.05. The minimum Gasteiger partial charge on any atom is -0.347 e. The van der Waals surface area contributed by atoms with Gasteiger partial charge in [0.2, 0.25) is 10.0 Å². The maximum Gasteiger partial charge on any atom is 0.412 e. The van der Waals surface area contributed by atoms with E-state index in [0.717, 1.165) is 47.3 Å². The highest BCUT2D eigenvalue weighted by Crippen LogP contribution is 2.33. The van der Waals surface area contributed by atoms with E-state index in [9.17, 15) is 31.2 Å². The van der Waals surface area contributed by atoms with Crippen molar-refractivity contribution in [2.24, 2.45) is 5.73 Å². The number of halogens is 3. The highest BCUT2D eigenvalue weighted by molar-refractivity contribution is 7.92. The van der Waals surface area contributed by atoms with E-state index in [4.69, 9.17) is 5.73 Å². The second-order valence-corrected chi connectivity index (χ2v) is 12.8. The molecular formula is C32H40F3N5O4S. The Morgan fingerprint density at radius 1 is 0.956 bits per heavy atom. The zero-order valence-corrected chi connectivity index (χ0v) is 26.4. The molecule has 3 rings (SSSR count). The van der Waals surface area contributed by atoms with Crippen LogP contribution >= 0.6 is 0 Å². The van der Waals surface area contributed by atoms with Crippen LogP contribution in [0.15, 0.2) is 73.1 Å². The van der Waals surface area contributed by atoms with E-state index in [1.165, 1.54) is 24.4 Å². The number of anilines is 1. The van der Waals surface area contributed by atoms with Crippen LogP contribution in [-0.4, -0.2) is 56.3 Å². The van der Waals surface area contributed by atoms with Crippen LogP contribution in [0.25, 0.3) is 0 Å². The van der Waals surface area contributed by atoms with Gasteiger partial charge in [-0.1, -0.05) is 63.1 Å². The molecule has 244 valence electrons. The summed E-state index contributed by atoms with van der Waals surface area (Å²) in [7, 11) is -3.88. The molecule has 1 aromatic heterocycles. The van der Waals surface area contributed by atoms with Crippen LogP contribution in [-0.2, 0) is 16.4 Å². The molecule has 45 heavy (non-hydrogen) atoms. The Kier molecular flexibility index (Phi) is 12.5. The lowest BCUT2D eigenvalue weighted by Gasteiger charge is -2.27. The van der Waals surface area contributed by atoms with Crippen molar-refractivity contribution in [3.63, 3.8) is 0 Å². The number of nitrogens with two attached hydrogens (primary N) is 1. The van der Waals surface area contributed by atoms with Crippen LogP contribution < -0.4 is 20.7 Å². The lowest BCUT2D eigenvalue weighted by Crippen LogP contribution is -2.49. The zero-order valence-electron chi connectivity index (χ0n) is 25.5. The molecule has 1 heterocycles. The highest BCUT2D eigenvalue weighted by atomic mass is 32.2. The van der Waals surface area contributed by atoms with E-state index >= 15 is 0 Å². The maximum atomic E-state index is 14.0. The molecule has 0 bridgehead atoms. The summed E-state index contributed by atoms with van der Waals surface area (Å²) in [6.45, 7) is 3.79. The van der Waals surface area contributed by atoms with E-state index in [0.29, 0.717) is 19.3 Å². The van der Waals surface area contributed by atoms with E-state index in [1.54, 1.807) is 6.92 Å². The fourth-order valence-electron chi connectivity index (χ4n) is 4.89. The monoisotopic (exact) mass is 647 g/mol. The average Bonchev–Trinajstić information content (AvgIpc) is 3.00. The van der Waals surface area contributed by atoms with Crippen molar-refractivity contribution in [1.82, 2.24) is 15.6 Å². The van der Waals surface area contributed by atoms with Gasteiger partial charge in [0.05, 0.1) is 11.9 Å². The third-order valence-electron chi connectivity index (χ3n) is 7.20. The Labute approximate surface area is 262 Å². The first kappa shape index (κ1) is 35.5. The number of benzene rings is 2. The molecule has 13 heteroatoms. The molecule has 3 atom stereocenters. The van der Waals surface area contributed by atoms with Gasteiger partial charge in [-0.15, -0.1) is 0 Å². The van der Waals surface area contributed by atoms with Crippen LogP contribution in [0.2, 0.25) is 0 Å². The number of amides is 2. The van der Waals surface area contributed by atoms with Gasteiger partial charge in [0.15, 0.2) is 6.04 Å². The predicted octanol–water partition coefficient (Wildman–Crippen LogP) is 5.15. The van der Waals surface area contributed by atoms with Gasteiger partial charge in [-0.3, -0.25) is 18.9 Å². The number of carbonyl (C=O) groups excluding carboxylic acids is 2. The Hall–Kier alpha value is -3.97. The van der Waals surface area contributed by atoms with Crippen LogP contribution in [0.4, 0.5) is 18.9 Å². The van der Waals surface area contributed by atoms with Gasteiger partial charge in [0.1, 0.15) is 0 Å². The van der Waals surface area contributed by atoms with Crippen molar-refractivity contribution < 1.29 is 31.2 Å². The number of carbonyl (C=O) groups is 2. The number of alkyl halides is 3. The summed E-state index contributed by atoms with van der Waals surface area (Å²) in [5.41, 5.74) is 6.69. The van der Waals surface area contributed by atoms with Crippen molar-refractivity contribution in [1.29, 1.82) is 0 Å². The van der Waals surface area contributed by atoms with Crippen LogP contribution in [0, 0.1) is 0 Å². The first-order valence-corrected chi connectivity index (χ1v) is 16.6. The molecular weight excluding hydrogens is 607 g/mol. The van der Waals surface area contributed by atoms with E-state index < -0.39 is 46.1 Å². The fourth-order valence-corrected chi connectivity index (χ4v) is 5.89. The maximum absolute atomic E-state index is 14.0. The summed E-state index contributed by atoms with van der Waals surface area (Å²) in [5.74, 6) is -1.80. The molecule has 1 unspecified atom stereocenters. The number of sulfonamides is 1. The summed E-state index contributed by atoms with van der Waals surface area (Å²) in [6, 6.07) is 12.2. The number of hydrogen-bond acceptors (Lipinski definition) is 6. The molecule has 0 aliphatic rings. The molecule has 4 N–H and O–H groups in total. The van der Waals surface area contributed by atoms with Gasteiger partial charge < -0.3 is 16.4 Å². The Morgan fingerprint density at radius 3 is 2.13 bits per heavy atom. The fraction of sp³-hybridized carbons (Fsp3) is 0.406. The average molecular weight is 648 g/mol. The van der Waals surface area contributed by atoms with Gasteiger partial charge >= 0.3 is 6.18 Å². The molecule has 0 saturated heterocycles. The van der Waals surface area contributed by atoms with Gasteiger partial charge in [-0.2, -0.15) is 13.2 Å². The van der Waals surface area contributed by atoms with Gasteiger partial charge in [-0.05, 0) is 49.1 Å². The second kappa shape index (κ2) is 15.8. The van der Waals surface area contributed by atoms with E-state index in [2.05, 4.69) is 10.3 Å². The number of aromatic nitrogens is 1. The highest BCUT2D eigenvalue weighted by Gasteiger charge is 2.42. The Bertz CT molecular complexity index is 1520. The van der Waals surface area contributed by atoms with Crippen molar-refractivity contribution >= 4 is 27.5 Å². The normalized spacial score (nSPS) is 13.8. The smallest absolute Gasteiger partial charge is 0.347 e. The summed E-state index contributed by atoms with van der Waals surface area (Å²) in [6.07, 6.45) is 1.58. The molecule has 2 aromatic carbocycles. The minimum absolute atomic E-state index is 0.0182. The largest absolute Gasteiger partial charge is 0.412 e. The lowest BCUT2D eigenvalue weighted by molar-refractivity contribution is -0.155. The topological polar surface area (TPSA) is 134 Å². The number of hydrogen-bond donors (Lipinski definition) is 3. The minimum atomic E-state index is -4.86. The molecule has 0 aliphatic carbocycles. The van der Waals surface area contributed by atoms with Crippen molar-refractivity contribution in [2.45, 2.75) is 70.3 Å². The van der Waals surface area contributed by atoms with Gasteiger partial charge in [-0.25, -0.2) is 8.42 Å². The van der Waals surface area contributed by atoms with Crippen LogP contribution in [0.1, 0.15) is 77.4 Å². The number of nitrogens with one attached hydrogen (secondary N) is 2. The second-order valence-electron chi connectivity index (χ2n) is 10.9. The van der Waals surface area contributed by atoms with Gasteiger partial charge in [0, 0.05) is 47.7 Å². The first-order chi connectivity index (χ1) is 21.2. The van der Waals surface area contributed by atoms with Crippen LogP contribution in [0.5, 0.6) is 0 Å². The lowest BCUT2D eigenvalue weighted by atomic mass is 9.95. The van der Waals surface area contributed by atoms with Crippen LogP contribution in [0.3, 0.4) is 0 Å². The van der Waals surface area contributed by atoms with E-state index in [-0.39, 0.29) is 28.9 Å². The molecule has 3 aromatic rings. The van der Waals surface area contributed by atoms with E-state index in [1.807, 2.05) is 42.6 Å². The standard InChI is InChI=1S/C32H40F3N5O4S/c1-4-6-14-27(36)28(17-22-11-8-7-9-12-22)38-30(41)24-18-25(20-26(19-24)40(16-5-2)45(3,43)44)31(42)39-29(32(33,34)35)23-13-10-15-37-21-23/h7-13,15,18-21,27-29H,4-6,14,16-17,36H2,1-3H3,(H,38,41)(H,39,42)/t27-,28-,29?/m0/s1. The third kappa shape index (κ3) is 10.3. The van der Waals surface area contributed by atoms with Crippen molar-refractivity contribution in [3.8, 4) is 0 Å². The number of nitrogens with zero attached hydrogens (tertiary/aromatic N) is 2. The molecule has 0 spiro atoms. The third-order valence-corrected chi connectivity index (χ3v) is 8.39. The molecule has 2 amide bonds. The molecule has 9 nitrogen and oxygen atoms in total. The Morgan fingerprint density at radius 2 is 1.60 bits per heavy atom. The summed E-state index contributed by atoms with van der Waals surface area (Å²) < 4.78 is 68.5. The first-order valence-electron chi connectivity index (χ1n) is 14.7. The molecule has 0 radical (unpaired) electrons. The summed E-state index contributed by atoms with van der Waals surface area (Å²) in [4.78, 5) is 30.8. The van der Waals surface area contributed by atoms with Crippen molar-refractivity contribution in [2.75, 3.05) is 17.1 Å². The van der Waals surface area contributed by atoms with Crippen molar-refractivity contribution in [3.05, 3.63) is 95.3 Å². The molecule has 0 fully saturated rings. The van der Waals surface area contributed by atoms with Gasteiger partial charge in [0.25, 0.3) is 11.8 Å². The number of unbranched alkanes of at least 4 members (excludes halogenated alkanes) is 1. The number of pyridine rings is 1. The SMILES string of the molecule is CCCC[C@H](N)[C@H](Cc1ccccc1)NC(=O)c1cc(C(=O)NC(c2cccnc2)C(F)(F)F)cc(N(CCC)S(C)(=O)=O)c1.